The lowest BCUT2D eigenvalue weighted by molar-refractivity contribution is -0.134. The fourth-order valence-electron chi connectivity index (χ4n) is 2.03. The minimum absolute atomic E-state index is 0.108. The number of alkyl halides is 3. The van der Waals surface area contributed by atoms with Gasteiger partial charge in [-0.3, -0.25) is 0 Å². The van der Waals surface area contributed by atoms with Crippen LogP contribution in [0.3, 0.4) is 0 Å². The number of rotatable bonds is 3. The van der Waals surface area contributed by atoms with Gasteiger partial charge in [-0.1, -0.05) is 5.16 Å². The van der Waals surface area contributed by atoms with E-state index in [1.54, 1.807) is 0 Å². The quantitative estimate of drug-likeness (QED) is 0.891. The van der Waals surface area contributed by atoms with E-state index in [2.05, 4.69) is 10.1 Å². The molecule has 1 heterocycles. The zero-order chi connectivity index (χ0) is 12.5. The highest BCUT2D eigenvalue weighted by Crippen LogP contribution is 2.32. The van der Waals surface area contributed by atoms with Crippen LogP contribution in [-0.2, 0) is 6.42 Å². The van der Waals surface area contributed by atoms with Crippen molar-refractivity contribution in [2.45, 2.75) is 50.2 Å². The number of hydrogen-bond donors (Lipinski definition) is 1. The molecule has 1 aliphatic carbocycles. The van der Waals surface area contributed by atoms with E-state index < -0.39 is 12.6 Å². The summed E-state index contributed by atoms with van der Waals surface area (Å²) < 4.78 is 41.0. The van der Waals surface area contributed by atoms with Crippen LogP contribution in [0.4, 0.5) is 13.2 Å². The fourth-order valence-corrected chi connectivity index (χ4v) is 2.03. The lowest BCUT2D eigenvalue weighted by atomic mass is 10.1. The van der Waals surface area contributed by atoms with E-state index in [4.69, 9.17) is 10.3 Å². The Morgan fingerprint density at radius 3 is 2.71 bits per heavy atom. The van der Waals surface area contributed by atoms with Crippen LogP contribution in [0, 0.1) is 0 Å². The first-order valence-electron chi connectivity index (χ1n) is 5.59. The molecule has 2 atom stereocenters. The number of aryl methyl sites for hydroxylation is 1. The van der Waals surface area contributed by atoms with Crippen molar-refractivity contribution in [1.82, 2.24) is 10.1 Å². The van der Waals surface area contributed by atoms with E-state index in [1.807, 2.05) is 0 Å². The Bertz CT molecular complexity index is 377. The van der Waals surface area contributed by atoms with Crippen LogP contribution in [0.15, 0.2) is 4.52 Å². The highest BCUT2D eigenvalue weighted by Gasteiger charge is 2.30. The Morgan fingerprint density at radius 2 is 2.12 bits per heavy atom. The number of hydrogen-bond acceptors (Lipinski definition) is 4. The Balaban J connectivity index is 1.92. The molecule has 0 unspecified atom stereocenters. The molecular formula is C10H14F3N3O. The summed E-state index contributed by atoms with van der Waals surface area (Å²) in [6, 6.07) is 0.130. The maximum absolute atomic E-state index is 12.0. The Kier molecular flexibility index (Phi) is 3.37. The van der Waals surface area contributed by atoms with Crippen LogP contribution < -0.4 is 5.73 Å². The van der Waals surface area contributed by atoms with Crippen LogP contribution >= 0.6 is 0 Å². The van der Waals surface area contributed by atoms with Crippen molar-refractivity contribution >= 4 is 0 Å². The highest BCUT2D eigenvalue weighted by molar-refractivity contribution is 4.99. The molecule has 7 heteroatoms. The largest absolute Gasteiger partial charge is 0.389 e. The molecule has 0 saturated heterocycles. The molecule has 1 aromatic heterocycles. The summed E-state index contributed by atoms with van der Waals surface area (Å²) in [6.45, 7) is 0. The molecule has 4 nitrogen and oxygen atoms in total. The van der Waals surface area contributed by atoms with Crippen molar-refractivity contribution in [1.29, 1.82) is 0 Å². The van der Waals surface area contributed by atoms with Gasteiger partial charge in [-0.2, -0.15) is 18.2 Å². The van der Waals surface area contributed by atoms with Gasteiger partial charge < -0.3 is 10.3 Å². The molecule has 0 radical (unpaired) electrons. The van der Waals surface area contributed by atoms with E-state index in [1.165, 1.54) is 0 Å². The maximum Gasteiger partial charge on any atom is 0.389 e. The minimum atomic E-state index is -4.18. The van der Waals surface area contributed by atoms with E-state index in [0.29, 0.717) is 5.89 Å². The zero-order valence-corrected chi connectivity index (χ0v) is 9.20. The third kappa shape index (κ3) is 3.42. The number of halogens is 3. The first-order chi connectivity index (χ1) is 7.94. The van der Waals surface area contributed by atoms with Crippen LogP contribution in [0.2, 0.25) is 0 Å². The lowest BCUT2D eigenvalue weighted by Gasteiger charge is -2.02. The summed E-state index contributed by atoms with van der Waals surface area (Å²) in [7, 11) is 0. The van der Waals surface area contributed by atoms with Gasteiger partial charge in [-0.15, -0.1) is 0 Å². The Morgan fingerprint density at radius 1 is 1.35 bits per heavy atom. The van der Waals surface area contributed by atoms with Gasteiger partial charge in [0.05, 0.1) is 6.42 Å². The summed E-state index contributed by atoms with van der Waals surface area (Å²) in [4.78, 5) is 4.00. The first-order valence-corrected chi connectivity index (χ1v) is 5.59. The number of aromatic nitrogens is 2. The molecule has 17 heavy (non-hydrogen) atoms. The summed E-state index contributed by atoms with van der Waals surface area (Å²) in [5, 5.41) is 3.56. The van der Waals surface area contributed by atoms with Crippen LogP contribution in [0.25, 0.3) is 0 Å². The van der Waals surface area contributed by atoms with Crippen molar-refractivity contribution in [3.8, 4) is 0 Å². The van der Waals surface area contributed by atoms with Crippen molar-refractivity contribution in [3.63, 3.8) is 0 Å². The van der Waals surface area contributed by atoms with Crippen LogP contribution in [0.5, 0.6) is 0 Å². The molecule has 1 saturated carbocycles. The molecule has 0 aromatic carbocycles. The normalized spacial score (nSPS) is 25.4. The smallest absolute Gasteiger partial charge is 0.339 e. The third-order valence-electron chi connectivity index (χ3n) is 2.94. The lowest BCUT2D eigenvalue weighted by Crippen LogP contribution is -2.14. The molecule has 1 fully saturated rings. The van der Waals surface area contributed by atoms with Crippen LogP contribution in [0.1, 0.15) is 43.3 Å². The van der Waals surface area contributed by atoms with Crippen molar-refractivity contribution in [2.24, 2.45) is 5.73 Å². The molecule has 1 aliphatic rings. The third-order valence-corrected chi connectivity index (χ3v) is 2.94. The summed E-state index contributed by atoms with van der Waals surface area (Å²) in [6.07, 6.45) is -2.81. The summed E-state index contributed by atoms with van der Waals surface area (Å²) in [5.41, 5.74) is 5.75. The second-order valence-corrected chi connectivity index (χ2v) is 4.43. The van der Waals surface area contributed by atoms with E-state index in [0.717, 1.165) is 19.3 Å². The second kappa shape index (κ2) is 4.64. The molecule has 0 bridgehead atoms. The van der Waals surface area contributed by atoms with Crippen molar-refractivity contribution in [2.75, 3.05) is 0 Å². The Hall–Kier alpha value is -1.11. The molecule has 0 aliphatic heterocycles. The molecule has 2 N–H and O–H groups in total. The predicted octanol–water partition coefficient (Wildman–Crippen LogP) is 2.16. The summed E-state index contributed by atoms with van der Waals surface area (Å²) in [5.74, 6) is 0.657. The maximum atomic E-state index is 12.0. The minimum Gasteiger partial charge on any atom is -0.339 e. The topological polar surface area (TPSA) is 64.9 Å². The van der Waals surface area contributed by atoms with Gasteiger partial charge >= 0.3 is 6.18 Å². The van der Waals surface area contributed by atoms with Crippen LogP contribution in [-0.4, -0.2) is 22.4 Å². The zero-order valence-electron chi connectivity index (χ0n) is 9.20. The van der Waals surface area contributed by atoms with E-state index in [9.17, 15) is 13.2 Å². The standard InChI is InChI=1S/C10H14F3N3O/c11-10(12,13)4-3-8-15-9(17-16-8)6-1-2-7(14)5-6/h6-7H,1-5,14H2/t6-,7+/m1/s1. The van der Waals surface area contributed by atoms with Gasteiger partial charge in [0.25, 0.3) is 0 Å². The summed E-state index contributed by atoms with van der Waals surface area (Å²) >= 11 is 0. The fraction of sp³-hybridized carbons (Fsp3) is 0.800. The molecule has 0 amide bonds. The van der Waals surface area contributed by atoms with Crippen molar-refractivity contribution in [3.05, 3.63) is 11.7 Å². The van der Waals surface area contributed by atoms with Gasteiger partial charge in [0.1, 0.15) is 0 Å². The molecule has 0 spiro atoms. The van der Waals surface area contributed by atoms with Gasteiger partial charge in [-0.25, -0.2) is 0 Å². The average molecular weight is 249 g/mol. The molecule has 2 rings (SSSR count). The SMILES string of the molecule is N[C@H]1CC[C@@H](c2nc(CCC(F)(F)F)no2)C1. The molecule has 96 valence electrons. The Labute approximate surface area is 96.4 Å². The average Bonchev–Trinajstić information content (AvgIpc) is 2.81. The second-order valence-electron chi connectivity index (χ2n) is 4.43. The molecule has 1 aromatic rings. The van der Waals surface area contributed by atoms with Crippen molar-refractivity contribution < 1.29 is 17.7 Å². The van der Waals surface area contributed by atoms with E-state index >= 15 is 0 Å². The monoisotopic (exact) mass is 249 g/mol. The molecular weight excluding hydrogens is 235 g/mol. The first kappa shape index (κ1) is 12.3. The van der Waals surface area contributed by atoms with Gasteiger partial charge in [0.2, 0.25) is 5.89 Å². The van der Waals surface area contributed by atoms with Gasteiger partial charge in [-0.05, 0) is 19.3 Å². The number of nitrogens with two attached hydrogens (primary N) is 1. The van der Waals surface area contributed by atoms with Gasteiger partial charge in [0, 0.05) is 18.4 Å². The van der Waals surface area contributed by atoms with E-state index in [-0.39, 0.29) is 24.2 Å². The number of nitrogens with zero attached hydrogens (tertiary/aromatic N) is 2. The highest BCUT2D eigenvalue weighted by atomic mass is 19.4. The van der Waals surface area contributed by atoms with Gasteiger partial charge in [0.15, 0.2) is 5.82 Å². The predicted molar refractivity (Wildman–Crippen MR) is 53.2 cm³/mol.